The molecule has 6 nitrogen and oxygen atoms in total. The van der Waals surface area contributed by atoms with E-state index in [0.717, 1.165) is 5.56 Å². The lowest BCUT2D eigenvalue weighted by molar-refractivity contribution is -0.126. The Morgan fingerprint density at radius 1 is 0.833 bits per heavy atom. The number of carbonyl (C=O) groups excluding carboxylic acids is 2. The SMILES string of the molecule is Cc1ccccc1N1C(=O)[C@H]2[C@@H](c3ccccc3O)N(c3ccccc3)O[C@H]2C1=O. The molecule has 3 aromatic rings. The van der Waals surface area contributed by atoms with Gasteiger partial charge in [0, 0.05) is 5.56 Å². The van der Waals surface area contributed by atoms with Crippen LogP contribution in [0, 0.1) is 12.8 Å². The van der Waals surface area contributed by atoms with Crippen LogP contribution in [0.3, 0.4) is 0 Å². The number of carbonyl (C=O) groups is 2. The van der Waals surface area contributed by atoms with Crippen molar-refractivity contribution in [3.05, 3.63) is 90.0 Å². The summed E-state index contributed by atoms with van der Waals surface area (Å²) < 4.78 is 0. The Balaban J connectivity index is 1.62. The minimum absolute atomic E-state index is 0.0577. The van der Waals surface area contributed by atoms with E-state index < -0.39 is 24.0 Å². The minimum atomic E-state index is -0.957. The van der Waals surface area contributed by atoms with Crippen molar-refractivity contribution in [3.63, 3.8) is 0 Å². The molecule has 3 atom stereocenters. The van der Waals surface area contributed by atoms with Gasteiger partial charge in [-0.1, -0.05) is 54.6 Å². The number of aryl methyl sites for hydroxylation is 1. The molecule has 2 fully saturated rings. The molecule has 6 heteroatoms. The van der Waals surface area contributed by atoms with Crippen molar-refractivity contribution in [1.29, 1.82) is 0 Å². The van der Waals surface area contributed by atoms with Gasteiger partial charge in [0.25, 0.3) is 5.91 Å². The van der Waals surface area contributed by atoms with E-state index in [0.29, 0.717) is 16.9 Å². The van der Waals surface area contributed by atoms with E-state index >= 15 is 0 Å². The van der Waals surface area contributed by atoms with E-state index in [4.69, 9.17) is 4.84 Å². The lowest BCUT2D eigenvalue weighted by Gasteiger charge is -2.29. The van der Waals surface area contributed by atoms with Crippen molar-refractivity contribution in [2.75, 3.05) is 9.96 Å². The Bertz CT molecular complexity index is 1130. The monoisotopic (exact) mass is 400 g/mol. The lowest BCUT2D eigenvalue weighted by Crippen LogP contribution is -2.37. The summed E-state index contributed by atoms with van der Waals surface area (Å²) in [7, 11) is 0. The third kappa shape index (κ3) is 2.69. The first-order valence-corrected chi connectivity index (χ1v) is 9.80. The molecule has 5 rings (SSSR count). The first-order chi connectivity index (χ1) is 14.6. The molecule has 0 bridgehead atoms. The number of hydrogen-bond donors (Lipinski definition) is 1. The molecule has 1 N–H and O–H groups in total. The quantitative estimate of drug-likeness (QED) is 0.678. The molecular formula is C24H20N2O4. The number of rotatable bonds is 3. The Morgan fingerprint density at radius 3 is 2.23 bits per heavy atom. The van der Waals surface area contributed by atoms with E-state index in [1.807, 2.05) is 49.4 Å². The summed E-state index contributed by atoms with van der Waals surface area (Å²) in [6.45, 7) is 1.86. The summed E-state index contributed by atoms with van der Waals surface area (Å²) in [6, 6.07) is 22.8. The molecule has 2 saturated heterocycles. The van der Waals surface area contributed by atoms with Crippen LogP contribution in [0.4, 0.5) is 11.4 Å². The summed E-state index contributed by atoms with van der Waals surface area (Å²) in [5, 5.41) is 12.1. The Hall–Kier alpha value is -3.64. The Kier molecular flexibility index (Phi) is 4.29. The maximum atomic E-state index is 13.5. The average molecular weight is 400 g/mol. The largest absolute Gasteiger partial charge is 0.508 e. The standard InChI is InChI=1S/C24H20N2O4/c1-15-9-5-7-13-18(15)25-23(28)20-21(17-12-6-8-14-19(17)27)26(30-22(20)24(25)29)16-10-3-2-4-11-16/h2-14,20-22,27H,1H3/t20-,21+,22+/m0/s1. The highest BCUT2D eigenvalue weighted by atomic mass is 16.7. The maximum absolute atomic E-state index is 13.5. The van der Waals surface area contributed by atoms with E-state index in [1.165, 1.54) is 4.90 Å². The van der Waals surface area contributed by atoms with Gasteiger partial charge in [-0.15, -0.1) is 0 Å². The second kappa shape index (κ2) is 7.00. The number of hydrogen-bond acceptors (Lipinski definition) is 5. The second-order valence-corrected chi connectivity index (χ2v) is 7.52. The van der Waals surface area contributed by atoms with Gasteiger partial charge in [-0.25, -0.2) is 9.96 Å². The van der Waals surface area contributed by atoms with Gasteiger partial charge in [-0.2, -0.15) is 0 Å². The fourth-order valence-electron chi connectivity index (χ4n) is 4.32. The van der Waals surface area contributed by atoms with Gasteiger partial charge in [0.1, 0.15) is 11.7 Å². The number of para-hydroxylation sites is 3. The van der Waals surface area contributed by atoms with E-state index in [-0.39, 0.29) is 11.7 Å². The Morgan fingerprint density at radius 2 is 1.50 bits per heavy atom. The molecule has 2 aliphatic heterocycles. The zero-order chi connectivity index (χ0) is 20.8. The summed E-state index contributed by atoms with van der Waals surface area (Å²) in [5.74, 6) is -1.43. The normalized spacial score (nSPS) is 23.2. The van der Waals surface area contributed by atoms with E-state index in [1.54, 1.807) is 41.5 Å². The van der Waals surface area contributed by atoms with Crippen LogP contribution in [0.1, 0.15) is 17.2 Å². The van der Waals surface area contributed by atoms with Crippen LogP contribution in [-0.4, -0.2) is 23.0 Å². The fraction of sp³-hybridized carbons (Fsp3) is 0.167. The topological polar surface area (TPSA) is 70.1 Å². The van der Waals surface area contributed by atoms with Gasteiger partial charge in [0.2, 0.25) is 5.91 Å². The Labute approximate surface area is 173 Å². The third-order valence-electron chi connectivity index (χ3n) is 5.74. The van der Waals surface area contributed by atoms with Crippen molar-refractivity contribution >= 4 is 23.2 Å². The molecular weight excluding hydrogens is 380 g/mol. The highest BCUT2D eigenvalue weighted by Crippen LogP contribution is 2.49. The highest BCUT2D eigenvalue weighted by Gasteiger charge is 2.60. The van der Waals surface area contributed by atoms with Gasteiger partial charge in [-0.05, 0) is 36.8 Å². The molecule has 150 valence electrons. The van der Waals surface area contributed by atoms with Crippen molar-refractivity contribution in [2.45, 2.75) is 19.1 Å². The molecule has 30 heavy (non-hydrogen) atoms. The van der Waals surface area contributed by atoms with Gasteiger partial charge in [0.05, 0.1) is 17.4 Å². The maximum Gasteiger partial charge on any atom is 0.266 e. The molecule has 0 aromatic heterocycles. The summed E-state index contributed by atoms with van der Waals surface area (Å²) in [4.78, 5) is 34.1. The van der Waals surface area contributed by atoms with Crippen LogP contribution in [0.25, 0.3) is 0 Å². The predicted molar refractivity (Wildman–Crippen MR) is 112 cm³/mol. The van der Waals surface area contributed by atoms with Crippen LogP contribution in [0.5, 0.6) is 5.75 Å². The average Bonchev–Trinajstić information content (AvgIpc) is 3.26. The third-order valence-corrected chi connectivity index (χ3v) is 5.74. The number of benzene rings is 3. The van der Waals surface area contributed by atoms with Crippen LogP contribution in [0.2, 0.25) is 0 Å². The van der Waals surface area contributed by atoms with Crippen molar-refractivity contribution < 1.29 is 19.5 Å². The van der Waals surface area contributed by atoms with Crippen LogP contribution < -0.4 is 9.96 Å². The first kappa shape index (κ1) is 18.4. The molecule has 2 heterocycles. The fourth-order valence-corrected chi connectivity index (χ4v) is 4.32. The molecule has 0 spiro atoms. The van der Waals surface area contributed by atoms with Gasteiger partial charge in [-0.3, -0.25) is 14.4 Å². The van der Waals surface area contributed by atoms with Crippen LogP contribution in [0.15, 0.2) is 78.9 Å². The molecule has 0 radical (unpaired) electrons. The number of hydroxylamine groups is 1. The number of anilines is 2. The molecule has 2 amide bonds. The number of imide groups is 1. The number of phenolic OH excluding ortho intramolecular Hbond substituents is 1. The van der Waals surface area contributed by atoms with E-state index in [9.17, 15) is 14.7 Å². The zero-order valence-corrected chi connectivity index (χ0v) is 16.3. The molecule has 0 saturated carbocycles. The lowest BCUT2D eigenvalue weighted by atomic mass is 9.90. The van der Waals surface area contributed by atoms with Crippen molar-refractivity contribution in [3.8, 4) is 5.75 Å². The number of fused-ring (bicyclic) bond motifs is 1. The number of nitrogens with zero attached hydrogens (tertiary/aromatic N) is 2. The van der Waals surface area contributed by atoms with Crippen LogP contribution >= 0.6 is 0 Å². The molecule has 0 aliphatic carbocycles. The number of phenols is 1. The molecule has 2 aliphatic rings. The number of aromatic hydroxyl groups is 1. The van der Waals surface area contributed by atoms with Gasteiger partial charge < -0.3 is 5.11 Å². The molecule has 0 unspecified atom stereocenters. The van der Waals surface area contributed by atoms with Gasteiger partial charge in [0.15, 0.2) is 6.10 Å². The van der Waals surface area contributed by atoms with Crippen molar-refractivity contribution in [1.82, 2.24) is 0 Å². The van der Waals surface area contributed by atoms with Crippen molar-refractivity contribution in [2.24, 2.45) is 5.92 Å². The smallest absolute Gasteiger partial charge is 0.266 e. The summed E-state index contributed by atoms with van der Waals surface area (Å²) in [6.07, 6.45) is -0.957. The van der Waals surface area contributed by atoms with E-state index in [2.05, 4.69) is 0 Å². The first-order valence-electron chi connectivity index (χ1n) is 9.80. The van der Waals surface area contributed by atoms with Gasteiger partial charge >= 0.3 is 0 Å². The predicted octanol–water partition coefficient (Wildman–Crippen LogP) is 3.75. The minimum Gasteiger partial charge on any atom is -0.508 e. The number of amides is 2. The van der Waals surface area contributed by atoms with Crippen LogP contribution in [-0.2, 0) is 14.4 Å². The summed E-state index contributed by atoms with van der Waals surface area (Å²) >= 11 is 0. The summed E-state index contributed by atoms with van der Waals surface area (Å²) in [5.41, 5.74) is 2.65. The zero-order valence-electron chi connectivity index (χ0n) is 16.3. The second-order valence-electron chi connectivity index (χ2n) is 7.52. The molecule has 3 aromatic carbocycles. The highest BCUT2D eigenvalue weighted by molar-refractivity contribution is 6.24.